The Labute approximate surface area is 131 Å². The summed E-state index contributed by atoms with van der Waals surface area (Å²) < 4.78 is 0. The van der Waals surface area contributed by atoms with Crippen molar-refractivity contribution in [2.45, 2.75) is 65.6 Å². The van der Waals surface area contributed by atoms with E-state index in [2.05, 4.69) is 37.2 Å². The van der Waals surface area contributed by atoms with E-state index in [9.17, 15) is 0 Å². The van der Waals surface area contributed by atoms with Gasteiger partial charge in [0.05, 0.1) is 11.4 Å². The second kappa shape index (κ2) is 10.4. The summed E-state index contributed by atoms with van der Waals surface area (Å²) in [5.74, 6) is 0.628. The van der Waals surface area contributed by atoms with Gasteiger partial charge in [0, 0.05) is 12.4 Å². The maximum atomic E-state index is 4.54. The van der Waals surface area contributed by atoms with Crippen LogP contribution in [0.15, 0.2) is 23.3 Å². The van der Waals surface area contributed by atoms with Gasteiger partial charge in [0.1, 0.15) is 0 Å². The van der Waals surface area contributed by atoms with Gasteiger partial charge in [0.15, 0.2) is 7.28 Å². The summed E-state index contributed by atoms with van der Waals surface area (Å²) in [6, 6.07) is 2.08. The van der Waals surface area contributed by atoms with E-state index >= 15 is 0 Å². The number of hydrogen-bond acceptors (Lipinski definition) is 2. The summed E-state index contributed by atoms with van der Waals surface area (Å²) >= 11 is 0. The molecular formula is C18H28BN2. The fourth-order valence-electron chi connectivity index (χ4n) is 2.49. The molecule has 0 saturated heterocycles. The molecule has 1 unspecified atom stereocenters. The molecule has 113 valence electrons. The Hall–Kier alpha value is -1.38. The highest BCUT2D eigenvalue weighted by Gasteiger charge is 2.14. The lowest BCUT2D eigenvalue weighted by molar-refractivity contribution is 0.621. The highest BCUT2D eigenvalue weighted by Crippen LogP contribution is 2.22. The van der Waals surface area contributed by atoms with Crippen LogP contribution < -0.4 is 5.46 Å². The van der Waals surface area contributed by atoms with Gasteiger partial charge in [-0.1, -0.05) is 63.3 Å². The molecule has 0 aromatic carbocycles. The fourth-order valence-corrected chi connectivity index (χ4v) is 2.49. The molecule has 1 heterocycles. The van der Waals surface area contributed by atoms with Crippen molar-refractivity contribution < 1.29 is 0 Å². The van der Waals surface area contributed by atoms with Gasteiger partial charge in [0.2, 0.25) is 0 Å². The molecule has 1 aromatic rings. The van der Waals surface area contributed by atoms with Crippen LogP contribution in [0.2, 0.25) is 5.82 Å². The largest absolute Gasteiger partial charge is 0.260 e. The van der Waals surface area contributed by atoms with Gasteiger partial charge in [-0.3, -0.25) is 9.98 Å². The maximum Gasteiger partial charge on any atom is 0.158 e. The minimum atomic E-state index is 0.628. The van der Waals surface area contributed by atoms with Crippen LogP contribution in [0.5, 0.6) is 0 Å². The quantitative estimate of drug-likeness (QED) is 0.358. The van der Waals surface area contributed by atoms with Gasteiger partial charge >= 0.3 is 0 Å². The lowest BCUT2D eigenvalue weighted by Crippen LogP contribution is -2.21. The van der Waals surface area contributed by atoms with Crippen LogP contribution in [0.3, 0.4) is 0 Å². The van der Waals surface area contributed by atoms with Gasteiger partial charge in [0.25, 0.3) is 0 Å². The van der Waals surface area contributed by atoms with E-state index in [0.29, 0.717) is 5.82 Å². The van der Waals surface area contributed by atoms with Gasteiger partial charge in [-0.15, -0.1) is 0 Å². The van der Waals surface area contributed by atoms with Crippen LogP contribution in [-0.4, -0.2) is 18.5 Å². The monoisotopic (exact) mass is 283 g/mol. The molecule has 0 spiro atoms. The summed E-state index contributed by atoms with van der Waals surface area (Å²) in [6.07, 6.45) is 14.1. The first kappa shape index (κ1) is 17.7. The SMILES string of the molecule is CC=Nc1c([B]C(CC)CCCCC)ccnc1/C=C\C. The summed E-state index contributed by atoms with van der Waals surface area (Å²) in [7, 11) is 2.38. The number of hydrogen-bond donors (Lipinski definition) is 0. The molecule has 1 rings (SSSR count). The molecule has 0 amide bonds. The van der Waals surface area contributed by atoms with E-state index in [0.717, 1.165) is 11.4 Å². The Bertz CT molecular complexity index is 466. The molecule has 0 aliphatic rings. The molecule has 0 N–H and O–H groups in total. The average molecular weight is 283 g/mol. The molecule has 0 fully saturated rings. The predicted octanol–water partition coefficient (Wildman–Crippen LogP) is 4.95. The minimum absolute atomic E-state index is 0.628. The van der Waals surface area contributed by atoms with E-state index in [4.69, 9.17) is 0 Å². The summed E-state index contributed by atoms with van der Waals surface area (Å²) in [5, 5.41) is 0. The van der Waals surface area contributed by atoms with Crippen molar-refractivity contribution in [3.8, 4) is 0 Å². The number of rotatable bonds is 9. The van der Waals surface area contributed by atoms with Crippen molar-refractivity contribution in [2.24, 2.45) is 4.99 Å². The van der Waals surface area contributed by atoms with Crippen LogP contribution in [0.25, 0.3) is 6.08 Å². The average Bonchev–Trinajstić information content (AvgIpc) is 2.49. The third-order valence-electron chi connectivity index (χ3n) is 3.68. The van der Waals surface area contributed by atoms with Crippen molar-refractivity contribution in [3.05, 3.63) is 24.0 Å². The normalized spacial score (nSPS) is 13.1. The van der Waals surface area contributed by atoms with Crippen LogP contribution in [0.1, 0.15) is 65.5 Å². The van der Waals surface area contributed by atoms with E-state index in [1.54, 1.807) is 0 Å². The van der Waals surface area contributed by atoms with E-state index in [1.165, 1.54) is 37.6 Å². The lowest BCUT2D eigenvalue weighted by Gasteiger charge is -2.15. The van der Waals surface area contributed by atoms with Gasteiger partial charge in [-0.2, -0.15) is 0 Å². The molecule has 1 radical (unpaired) electrons. The molecular weight excluding hydrogens is 255 g/mol. The van der Waals surface area contributed by atoms with Crippen LogP contribution in [-0.2, 0) is 0 Å². The first-order valence-electron chi connectivity index (χ1n) is 8.22. The van der Waals surface area contributed by atoms with Gasteiger partial charge in [-0.25, -0.2) is 0 Å². The van der Waals surface area contributed by atoms with Crippen molar-refractivity contribution in [1.29, 1.82) is 0 Å². The van der Waals surface area contributed by atoms with E-state index in [1.807, 2.05) is 38.4 Å². The zero-order valence-electron chi connectivity index (χ0n) is 14.0. The Kier molecular flexibility index (Phi) is 8.73. The molecule has 1 atom stereocenters. The van der Waals surface area contributed by atoms with Crippen molar-refractivity contribution >= 4 is 30.7 Å². The van der Waals surface area contributed by atoms with Gasteiger partial charge in [-0.05, 0) is 26.0 Å². The molecule has 3 heteroatoms. The summed E-state index contributed by atoms with van der Waals surface area (Å²) in [6.45, 7) is 8.49. The zero-order chi connectivity index (χ0) is 15.5. The Morgan fingerprint density at radius 2 is 2.10 bits per heavy atom. The third kappa shape index (κ3) is 5.87. The van der Waals surface area contributed by atoms with Crippen molar-refractivity contribution in [1.82, 2.24) is 4.98 Å². The van der Waals surface area contributed by atoms with Crippen LogP contribution in [0.4, 0.5) is 5.69 Å². The number of allylic oxidation sites excluding steroid dienone is 1. The second-order valence-corrected chi connectivity index (χ2v) is 5.35. The maximum absolute atomic E-state index is 4.54. The van der Waals surface area contributed by atoms with E-state index < -0.39 is 0 Å². The van der Waals surface area contributed by atoms with E-state index in [-0.39, 0.29) is 0 Å². The number of aromatic nitrogens is 1. The van der Waals surface area contributed by atoms with Crippen LogP contribution >= 0.6 is 0 Å². The first-order chi connectivity index (χ1) is 10.3. The van der Waals surface area contributed by atoms with Crippen LogP contribution in [0, 0.1) is 0 Å². The molecule has 1 aromatic heterocycles. The Morgan fingerprint density at radius 3 is 2.71 bits per heavy atom. The smallest absolute Gasteiger partial charge is 0.158 e. The first-order valence-corrected chi connectivity index (χ1v) is 8.22. The fraction of sp³-hybridized carbons (Fsp3) is 0.556. The Morgan fingerprint density at radius 1 is 1.29 bits per heavy atom. The number of unbranched alkanes of at least 4 members (excludes halogenated alkanes) is 2. The molecule has 0 bridgehead atoms. The van der Waals surface area contributed by atoms with Crippen molar-refractivity contribution in [2.75, 3.05) is 0 Å². The van der Waals surface area contributed by atoms with Crippen molar-refractivity contribution in [3.63, 3.8) is 0 Å². The highest BCUT2D eigenvalue weighted by atomic mass is 14.8. The molecule has 2 nitrogen and oxygen atoms in total. The standard InChI is InChI=1S/C18H28BN2/c1-5-9-10-12-15(7-3)19-16-13-14-21-17(11-6-2)18(16)20-8-4/h6,8,11,13-15H,5,7,9-10,12H2,1-4H3/b11-6-,20-8?. The molecule has 0 aliphatic heterocycles. The molecule has 0 aliphatic carbocycles. The summed E-state index contributed by atoms with van der Waals surface area (Å²) in [5.41, 5.74) is 3.15. The second-order valence-electron chi connectivity index (χ2n) is 5.35. The van der Waals surface area contributed by atoms with Gasteiger partial charge < -0.3 is 0 Å². The third-order valence-corrected chi connectivity index (χ3v) is 3.68. The zero-order valence-corrected chi connectivity index (χ0v) is 14.0. The summed E-state index contributed by atoms with van der Waals surface area (Å²) in [4.78, 5) is 8.97. The topological polar surface area (TPSA) is 25.2 Å². The lowest BCUT2D eigenvalue weighted by atomic mass is 9.56. The Balaban J connectivity index is 2.92. The molecule has 21 heavy (non-hydrogen) atoms. The molecule has 0 saturated carbocycles. The highest BCUT2D eigenvalue weighted by molar-refractivity contribution is 6.57. The minimum Gasteiger partial charge on any atom is -0.260 e. The predicted molar refractivity (Wildman–Crippen MR) is 96.3 cm³/mol. The number of pyridine rings is 1. The number of aliphatic imine (C=N–C) groups is 1. The number of nitrogens with zero attached hydrogens (tertiary/aromatic N) is 2.